The van der Waals surface area contributed by atoms with Crippen molar-refractivity contribution >= 4 is 29.0 Å². The number of fused-ring (bicyclic) bond motifs is 1. The molecule has 0 saturated heterocycles. The van der Waals surface area contributed by atoms with Crippen molar-refractivity contribution in [1.82, 2.24) is 3.97 Å². The third-order valence-corrected chi connectivity index (χ3v) is 8.71. The fraction of sp³-hybridized carbons (Fsp3) is 0.391. The molecule has 0 fully saturated rings. The Labute approximate surface area is 175 Å². The van der Waals surface area contributed by atoms with Gasteiger partial charge in [0, 0.05) is 25.2 Å². The van der Waals surface area contributed by atoms with Crippen molar-refractivity contribution in [3.05, 3.63) is 66.4 Å². The molecule has 1 unspecified atom stereocenters. The minimum Gasteiger partial charge on any atom is -0.385 e. The van der Waals surface area contributed by atoms with Crippen LogP contribution in [0.1, 0.15) is 26.3 Å². The number of nitrogens with zero attached hydrogens (tertiary/aromatic N) is 1. The van der Waals surface area contributed by atoms with Gasteiger partial charge in [0.05, 0.1) is 16.0 Å². The van der Waals surface area contributed by atoms with E-state index in [1.54, 1.807) is 42.6 Å². The average molecular weight is 430 g/mol. The van der Waals surface area contributed by atoms with E-state index in [1.165, 1.54) is 3.97 Å². The minimum atomic E-state index is -3.78. The van der Waals surface area contributed by atoms with Gasteiger partial charge in [0.2, 0.25) is 0 Å². The van der Waals surface area contributed by atoms with Crippen LogP contribution >= 0.6 is 0 Å². The maximum absolute atomic E-state index is 13.4. The van der Waals surface area contributed by atoms with Crippen LogP contribution in [-0.4, -0.2) is 25.6 Å². The van der Waals surface area contributed by atoms with Crippen LogP contribution in [-0.2, 0) is 15.6 Å². The Morgan fingerprint density at radius 1 is 0.931 bits per heavy atom. The molecule has 0 amide bonds. The molecular formula is C23H31NO3SSi. The smallest absolute Gasteiger partial charge is 0.268 e. The van der Waals surface area contributed by atoms with E-state index in [-0.39, 0.29) is 4.90 Å². The molecule has 0 bridgehead atoms. The molecular weight excluding hydrogens is 398 g/mol. The van der Waals surface area contributed by atoms with Crippen molar-refractivity contribution in [2.75, 3.05) is 0 Å². The Kier molecular flexibility index (Phi) is 5.35. The molecule has 0 aliphatic rings. The third-order valence-electron chi connectivity index (χ3n) is 5.45. The quantitative estimate of drug-likeness (QED) is 0.549. The molecule has 0 saturated carbocycles. The van der Waals surface area contributed by atoms with Crippen LogP contribution in [0.4, 0.5) is 0 Å². The first-order chi connectivity index (χ1) is 13.3. The summed E-state index contributed by atoms with van der Waals surface area (Å²) in [5.41, 5.74) is -0.333. The lowest BCUT2D eigenvalue weighted by atomic mass is 9.73. The van der Waals surface area contributed by atoms with Crippen molar-refractivity contribution in [3.8, 4) is 0 Å². The van der Waals surface area contributed by atoms with Crippen LogP contribution in [0.25, 0.3) is 10.9 Å². The Balaban J connectivity index is 2.34. The predicted octanol–water partition coefficient (Wildman–Crippen LogP) is 5.45. The number of hydrogen-bond donors (Lipinski definition) is 1. The monoisotopic (exact) mass is 429 g/mol. The van der Waals surface area contributed by atoms with E-state index in [9.17, 15) is 13.5 Å². The first-order valence-electron chi connectivity index (χ1n) is 9.91. The van der Waals surface area contributed by atoms with Gasteiger partial charge in [-0.15, -0.1) is 0 Å². The van der Waals surface area contributed by atoms with Crippen LogP contribution in [0.3, 0.4) is 0 Å². The lowest BCUT2D eigenvalue weighted by Crippen LogP contribution is -2.45. The molecule has 29 heavy (non-hydrogen) atoms. The van der Waals surface area contributed by atoms with Gasteiger partial charge in [-0.05, 0) is 29.7 Å². The number of aromatic nitrogens is 1. The largest absolute Gasteiger partial charge is 0.385 e. The molecule has 3 aromatic rings. The number of para-hydroxylation sites is 1. The summed E-state index contributed by atoms with van der Waals surface area (Å²) >= 11 is 0. The Morgan fingerprint density at radius 3 is 2.03 bits per heavy atom. The maximum atomic E-state index is 13.4. The molecule has 0 aliphatic carbocycles. The van der Waals surface area contributed by atoms with E-state index < -0.39 is 29.1 Å². The fourth-order valence-electron chi connectivity index (χ4n) is 3.92. The zero-order valence-corrected chi connectivity index (χ0v) is 19.9. The summed E-state index contributed by atoms with van der Waals surface area (Å²) < 4.78 is 28.2. The lowest BCUT2D eigenvalue weighted by molar-refractivity contribution is -0.0467. The maximum Gasteiger partial charge on any atom is 0.268 e. The van der Waals surface area contributed by atoms with Crippen molar-refractivity contribution in [3.63, 3.8) is 0 Å². The third kappa shape index (κ3) is 3.93. The summed E-state index contributed by atoms with van der Waals surface area (Å²) in [7, 11) is -5.46. The van der Waals surface area contributed by atoms with Crippen LogP contribution < -0.4 is 0 Å². The van der Waals surface area contributed by atoms with E-state index in [0.717, 1.165) is 5.39 Å². The predicted molar refractivity (Wildman–Crippen MR) is 122 cm³/mol. The summed E-state index contributed by atoms with van der Waals surface area (Å²) in [5, 5.41) is 12.8. The molecule has 4 nitrogen and oxygen atoms in total. The Bertz CT molecular complexity index is 1120. The van der Waals surface area contributed by atoms with Gasteiger partial charge in [-0.25, -0.2) is 12.4 Å². The van der Waals surface area contributed by atoms with Crippen LogP contribution in [0, 0.1) is 5.41 Å². The highest BCUT2D eigenvalue weighted by atomic mass is 32.2. The van der Waals surface area contributed by atoms with Crippen molar-refractivity contribution in [2.24, 2.45) is 5.41 Å². The zero-order chi connectivity index (χ0) is 21.7. The first-order valence-corrected chi connectivity index (χ1v) is 15.1. The molecule has 0 aliphatic heterocycles. The summed E-state index contributed by atoms with van der Waals surface area (Å²) in [6.07, 6.45) is 1.64. The summed E-state index contributed by atoms with van der Waals surface area (Å²) in [5.74, 6) is 0. The summed E-state index contributed by atoms with van der Waals surface area (Å²) in [6.45, 7) is 12.7. The van der Waals surface area contributed by atoms with E-state index in [4.69, 9.17) is 0 Å². The van der Waals surface area contributed by atoms with Gasteiger partial charge in [0.25, 0.3) is 10.0 Å². The molecule has 1 N–H and O–H groups in total. The zero-order valence-electron chi connectivity index (χ0n) is 18.1. The average Bonchev–Trinajstić information content (AvgIpc) is 3.01. The Morgan fingerprint density at radius 2 is 1.48 bits per heavy atom. The van der Waals surface area contributed by atoms with E-state index in [1.807, 2.05) is 39.0 Å². The Hall–Kier alpha value is -1.89. The van der Waals surface area contributed by atoms with Crippen LogP contribution in [0.15, 0.2) is 65.7 Å². The lowest BCUT2D eigenvalue weighted by Gasteiger charge is -2.43. The topological polar surface area (TPSA) is 59.3 Å². The molecule has 156 valence electrons. The van der Waals surface area contributed by atoms with Gasteiger partial charge >= 0.3 is 0 Å². The molecule has 1 atom stereocenters. The van der Waals surface area contributed by atoms with E-state index >= 15 is 0 Å². The van der Waals surface area contributed by atoms with Crippen LogP contribution in [0.5, 0.6) is 0 Å². The van der Waals surface area contributed by atoms with Gasteiger partial charge in [-0.2, -0.15) is 0 Å². The van der Waals surface area contributed by atoms with Crippen molar-refractivity contribution in [1.29, 1.82) is 0 Å². The standard InChI is InChI=1S/C23H31NO3SSi/c1-22(2,3)23(25,17-29(4,5)6)20-16-24(21-15-11-10-14-19(20)21)28(26,27)18-12-8-7-9-13-18/h7-16,25H,17H2,1-6H3. The van der Waals surface area contributed by atoms with Gasteiger partial charge in [-0.1, -0.05) is 76.8 Å². The van der Waals surface area contributed by atoms with Gasteiger partial charge in [0.15, 0.2) is 0 Å². The SMILES string of the molecule is CC(C)(C)C(O)(C[Si](C)(C)C)c1cn(S(=O)(=O)c2ccccc2)c2ccccc12. The first kappa shape index (κ1) is 21.8. The van der Waals surface area contributed by atoms with Crippen LogP contribution in [0.2, 0.25) is 25.7 Å². The molecule has 0 spiro atoms. The molecule has 2 aromatic carbocycles. The highest BCUT2D eigenvalue weighted by molar-refractivity contribution is 7.90. The molecule has 0 radical (unpaired) electrons. The summed E-state index contributed by atoms with van der Waals surface area (Å²) in [4.78, 5) is 0.233. The highest BCUT2D eigenvalue weighted by Crippen LogP contribution is 2.48. The fourth-order valence-corrected chi connectivity index (χ4v) is 7.56. The second kappa shape index (κ2) is 7.11. The second-order valence-corrected chi connectivity index (χ2v) is 17.3. The molecule has 6 heteroatoms. The normalized spacial score (nSPS) is 15.4. The van der Waals surface area contributed by atoms with Gasteiger partial charge in [-0.3, -0.25) is 0 Å². The summed E-state index contributed by atoms with van der Waals surface area (Å²) in [6, 6.07) is 16.5. The molecule has 1 heterocycles. The van der Waals surface area contributed by atoms with Crippen molar-refractivity contribution in [2.45, 2.75) is 57.0 Å². The molecule has 3 rings (SSSR count). The van der Waals surface area contributed by atoms with E-state index in [0.29, 0.717) is 17.1 Å². The second-order valence-electron chi connectivity index (χ2n) is 10.0. The number of rotatable bonds is 5. The molecule has 1 aromatic heterocycles. The van der Waals surface area contributed by atoms with Gasteiger partial charge in [0.1, 0.15) is 0 Å². The number of benzene rings is 2. The van der Waals surface area contributed by atoms with Crippen molar-refractivity contribution < 1.29 is 13.5 Å². The number of hydrogen-bond acceptors (Lipinski definition) is 3. The highest BCUT2D eigenvalue weighted by Gasteiger charge is 2.46. The number of aliphatic hydroxyl groups is 1. The van der Waals surface area contributed by atoms with Gasteiger partial charge < -0.3 is 5.11 Å². The minimum absolute atomic E-state index is 0.233. The van der Waals surface area contributed by atoms with E-state index in [2.05, 4.69) is 19.6 Å².